The van der Waals surface area contributed by atoms with Gasteiger partial charge in [0.25, 0.3) is 0 Å². The molecule has 19 heavy (non-hydrogen) atoms. The number of hydrogen-bond donors (Lipinski definition) is 0. The van der Waals surface area contributed by atoms with Crippen LogP contribution in [-0.2, 0) is 16.0 Å². The van der Waals surface area contributed by atoms with Gasteiger partial charge in [-0.1, -0.05) is 6.07 Å². The van der Waals surface area contributed by atoms with Gasteiger partial charge in [-0.3, -0.25) is 9.69 Å². The van der Waals surface area contributed by atoms with E-state index in [2.05, 4.69) is 4.98 Å². The molecule has 0 amide bonds. The average Bonchev–Trinajstić information content (AvgIpc) is 2.83. The zero-order chi connectivity index (χ0) is 13.7. The molecule has 0 radical (unpaired) electrons. The Hall–Kier alpha value is -1.88. The third kappa shape index (κ3) is 3.79. The first-order valence-corrected chi connectivity index (χ1v) is 6.35. The van der Waals surface area contributed by atoms with Crippen molar-refractivity contribution in [2.75, 3.05) is 26.7 Å². The van der Waals surface area contributed by atoms with Crippen molar-refractivity contribution in [1.29, 1.82) is 0 Å². The second-order valence-corrected chi connectivity index (χ2v) is 4.45. The third-order valence-corrected chi connectivity index (χ3v) is 2.88. The maximum Gasteiger partial charge on any atom is 0.320 e. The van der Waals surface area contributed by atoms with E-state index in [9.17, 15) is 4.79 Å². The standard InChI is InChI=1S/C14H18N2O3/c1-3-18-14(17)9-16(2)7-6-11-4-5-12-13(8-11)19-10-15-12/h4-5,8,10H,3,6-7,9H2,1-2H3. The van der Waals surface area contributed by atoms with Crippen LogP contribution in [0.2, 0.25) is 0 Å². The summed E-state index contributed by atoms with van der Waals surface area (Å²) < 4.78 is 10.2. The van der Waals surface area contributed by atoms with E-state index in [-0.39, 0.29) is 5.97 Å². The van der Waals surface area contributed by atoms with E-state index < -0.39 is 0 Å². The first-order chi connectivity index (χ1) is 9.19. The van der Waals surface area contributed by atoms with E-state index in [0.717, 1.165) is 24.1 Å². The van der Waals surface area contributed by atoms with Crippen LogP contribution >= 0.6 is 0 Å². The van der Waals surface area contributed by atoms with E-state index in [1.165, 1.54) is 12.0 Å². The summed E-state index contributed by atoms with van der Waals surface area (Å²) in [6.07, 6.45) is 2.30. The monoisotopic (exact) mass is 262 g/mol. The van der Waals surface area contributed by atoms with Crippen molar-refractivity contribution in [3.8, 4) is 0 Å². The summed E-state index contributed by atoms with van der Waals surface area (Å²) in [6.45, 7) is 3.34. The Balaban J connectivity index is 1.85. The molecule has 5 heteroatoms. The van der Waals surface area contributed by atoms with Crippen molar-refractivity contribution in [3.63, 3.8) is 0 Å². The topological polar surface area (TPSA) is 55.6 Å². The Morgan fingerprint density at radius 1 is 1.47 bits per heavy atom. The zero-order valence-corrected chi connectivity index (χ0v) is 11.3. The van der Waals surface area contributed by atoms with Gasteiger partial charge >= 0.3 is 5.97 Å². The normalized spacial score (nSPS) is 11.1. The molecular formula is C14H18N2O3. The summed E-state index contributed by atoms with van der Waals surface area (Å²) in [7, 11) is 1.91. The Bertz CT molecular complexity index is 550. The second kappa shape index (κ2) is 6.33. The number of carbonyl (C=O) groups excluding carboxylic acids is 1. The lowest BCUT2D eigenvalue weighted by atomic mass is 10.1. The quantitative estimate of drug-likeness (QED) is 0.744. The molecule has 0 fully saturated rings. The molecule has 0 bridgehead atoms. The summed E-state index contributed by atoms with van der Waals surface area (Å²) in [5, 5.41) is 0. The minimum atomic E-state index is -0.185. The Morgan fingerprint density at radius 3 is 3.11 bits per heavy atom. The molecule has 0 aliphatic heterocycles. The van der Waals surface area contributed by atoms with Gasteiger partial charge < -0.3 is 9.15 Å². The molecule has 0 unspecified atom stereocenters. The van der Waals surface area contributed by atoms with Crippen LogP contribution in [0.1, 0.15) is 12.5 Å². The predicted molar refractivity (Wildman–Crippen MR) is 71.8 cm³/mol. The van der Waals surface area contributed by atoms with Gasteiger partial charge in [0.15, 0.2) is 12.0 Å². The predicted octanol–water partition coefficient (Wildman–Crippen LogP) is 1.87. The van der Waals surface area contributed by atoms with Crippen LogP contribution in [-0.4, -0.2) is 42.6 Å². The van der Waals surface area contributed by atoms with Crippen LogP contribution in [0, 0.1) is 0 Å². The minimum absolute atomic E-state index is 0.185. The Labute approximate surface area is 112 Å². The van der Waals surface area contributed by atoms with Crippen molar-refractivity contribution < 1.29 is 13.9 Å². The van der Waals surface area contributed by atoms with Crippen LogP contribution in [0.15, 0.2) is 29.0 Å². The molecule has 1 heterocycles. The van der Waals surface area contributed by atoms with Crippen molar-refractivity contribution >= 4 is 17.1 Å². The molecule has 5 nitrogen and oxygen atoms in total. The fourth-order valence-electron chi connectivity index (χ4n) is 1.88. The van der Waals surface area contributed by atoms with Crippen LogP contribution in [0.5, 0.6) is 0 Å². The van der Waals surface area contributed by atoms with Crippen molar-refractivity contribution in [3.05, 3.63) is 30.2 Å². The van der Waals surface area contributed by atoms with E-state index >= 15 is 0 Å². The fourth-order valence-corrected chi connectivity index (χ4v) is 1.88. The number of aromatic nitrogens is 1. The number of nitrogens with zero attached hydrogens (tertiary/aromatic N) is 2. The van der Waals surface area contributed by atoms with Crippen LogP contribution in [0.25, 0.3) is 11.1 Å². The van der Waals surface area contributed by atoms with Gasteiger partial charge in [0.2, 0.25) is 0 Å². The molecule has 1 aromatic carbocycles. The lowest BCUT2D eigenvalue weighted by molar-refractivity contribution is -0.144. The number of rotatable bonds is 6. The molecule has 0 aliphatic rings. The van der Waals surface area contributed by atoms with E-state index in [0.29, 0.717) is 13.2 Å². The van der Waals surface area contributed by atoms with E-state index in [1.54, 1.807) is 0 Å². The number of benzene rings is 1. The number of esters is 1. The summed E-state index contributed by atoms with van der Waals surface area (Å²) in [4.78, 5) is 17.3. The summed E-state index contributed by atoms with van der Waals surface area (Å²) >= 11 is 0. The minimum Gasteiger partial charge on any atom is -0.465 e. The van der Waals surface area contributed by atoms with Crippen molar-refractivity contribution in [2.45, 2.75) is 13.3 Å². The zero-order valence-electron chi connectivity index (χ0n) is 11.3. The highest BCUT2D eigenvalue weighted by atomic mass is 16.5. The summed E-state index contributed by atoms with van der Waals surface area (Å²) in [5.74, 6) is -0.185. The number of carbonyl (C=O) groups is 1. The largest absolute Gasteiger partial charge is 0.465 e. The molecule has 0 atom stereocenters. The van der Waals surface area contributed by atoms with Crippen LogP contribution in [0.4, 0.5) is 0 Å². The lowest BCUT2D eigenvalue weighted by Crippen LogP contribution is -2.29. The molecule has 2 rings (SSSR count). The fraction of sp³-hybridized carbons (Fsp3) is 0.429. The highest BCUT2D eigenvalue weighted by molar-refractivity contribution is 5.73. The van der Waals surface area contributed by atoms with Crippen LogP contribution < -0.4 is 0 Å². The van der Waals surface area contributed by atoms with Gasteiger partial charge in [0, 0.05) is 6.54 Å². The molecule has 0 saturated carbocycles. The number of ether oxygens (including phenoxy) is 1. The molecule has 102 valence electrons. The SMILES string of the molecule is CCOC(=O)CN(C)CCc1ccc2ncoc2c1. The van der Waals surface area contributed by atoms with Gasteiger partial charge in [0.05, 0.1) is 13.2 Å². The van der Waals surface area contributed by atoms with Crippen molar-refractivity contribution in [2.24, 2.45) is 0 Å². The van der Waals surface area contributed by atoms with Crippen LogP contribution in [0.3, 0.4) is 0 Å². The Kier molecular flexibility index (Phi) is 4.52. The van der Waals surface area contributed by atoms with E-state index in [1.807, 2.05) is 37.1 Å². The first-order valence-electron chi connectivity index (χ1n) is 6.35. The summed E-state index contributed by atoms with van der Waals surface area (Å²) in [5.41, 5.74) is 2.83. The highest BCUT2D eigenvalue weighted by Gasteiger charge is 2.07. The van der Waals surface area contributed by atoms with Gasteiger partial charge in [-0.05, 0) is 38.1 Å². The number of oxazole rings is 1. The lowest BCUT2D eigenvalue weighted by Gasteiger charge is -2.15. The maximum absolute atomic E-state index is 11.3. The van der Waals surface area contributed by atoms with Crippen molar-refractivity contribution in [1.82, 2.24) is 9.88 Å². The number of likely N-dealkylation sites (N-methyl/N-ethyl adjacent to an activating group) is 1. The third-order valence-electron chi connectivity index (χ3n) is 2.88. The maximum atomic E-state index is 11.3. The summed E-state index contributed by atoms with van der Waals surface area (Å²) in [6, 6.07) is 5.96. The number of fused-ring (bicyclic) bond motifs is 1. The Morgan fingerprint density at radius 2 is 2.32 bits per heavy atom. The molecule has 0 spiro atoms. The van der Waals surface area contributed by atoms with Gasteiger partial charge in [-0.25, -0.2) is 4.98 Å². The molecule has 1 aromatic heterocycles. The average molecular weight is 262 g/mol. The molecule has 0 saturated heterocycles. The molecule has 2 aromatic rings. The molecule has 0 aliphatic carbocycles. The smallest absolute Gasteiger partial charge is 0.320 e. The highest BCUT2D eigenvalue weighted by Crippen LogP contribution is 2.14. The molecule has 0 N–H and O–H groups in total. The first kappa shape index (κ1) is 13.5. The van der Waals surface area contributed by atoms with Gasteiger partial charge in [-0.2, -0.15) is 0 Å². The van der Waals surface area contributed by atoms with Gasteiger partial charge in [0.1, 0.15) is 5.52 Å². The molecular weight excluding hydrogens is 244 g/mol. The van der Waals surface area contributed by atoms with Gasteiger partial charge in [-0.15, -0.1) is 0 Å². The second-order valence-electron chi connectivity index (χ2n) is 4.45. The number of hydrogen-bond acceptors (Lipinski definition) is 5. The van der Waals surface area contributed by atoms with E-state index in [4.69, 9.17) is 9.15 Å².